The molecule has 336 valence electrons. The average molecular weight is 832 g/mol. The van der Waals surface area contributed by atoms with E-state index in [0.717, 1.165) is 32.1 Å². The molecule has 4 fully saturated rings. The number of carbonyl (C=O) groups is 7. The molecular weight excluding hydrogens is 755 g/mol. The zero-order valence-electron chi connectivity index (χ0n) is 37.9. The summed E-state index contributed by atoms with van der Waals surface area (Å²) in [5.74, 6) is 0.228. The molecule has 5 atom stereocenters. The Balaban J connectivity index is 0.000000317. The van der Waals surface area contributed by atoms with Crippen LogP contribution in [0.5, 0.6) is 0 Å². The molecule has 0 aromatic heterocycles. The van der Waals surface area contributed by atoms with Gasteiger partial charge in [0.1, 0.15) is 0 Å². The van der Waals surface area contributed by atoms with Gasteiger partial charge in [0.25, 0.3) is 0 Å². The number of carbonyl (C=O) groups excluding carboxylic acids is 7. The first-order chi connectivity index (χ1) is 27.5. The lowest BCUT2D eigenvalue weighted by Gasteiger charge is -2.31. The summed E-state index contributed by atoms with van der Waals surface area (Å²) in [6.07, 6.45) is 6.34. The Hall–Kier alpha value is -3.75. The molecule has 4 saturated heterocycles. The molecule has 0 bridgehead atoms. The van der Waals surface area contributed by atoms with Crippen LogP contribution >= 0.6 is 0 Å². The Kier molecular flexibility index (Phi) is 18.7. The van der Waals surface area contributed by atoms with Crippen molar-refractivity contribution in [3.05, 3.63) is 0 Å². The molecule has 4 N–H and O–H groups in total. The fourth-order valence-electron chi connectivity index (χ4n) is 8.27. The summed E-state index contributed by atoms with van der Waals surface area (Å²) >= 11 is 0. The number of nitrogens with zero attached hydrogens (tertiary/aromatic N) is 4. The van der Waals surface area contributed by atoms with Gasteiger partial charge in [-0.2, -0.15) is 0 Å². The minimum atomic E-state index is -0.805. The van der Waals surface area contributed by atoms with Gasteiger partial charge >= 0.3 is 12.1 Å². The van der Waals surface area contributed by atoms with E-state index >= 15 is 0 Å². The summed E-state index contributed by atoms with van der Waals surface area (Å²) in [7, 11) is 0. The van der Waals surface area contributed by atoms with Gasteiger partial charge < -0.3 is 40.7 Å². The number of β-amino-alcohol motifs (C(OH)–C–C–N with tert-alkyl or cyclic N) is 1. The van der Waals surface area contributed by atoms with Crippen LogP contribution < -0.4 is 16.0 Å². The second-order valence-corrected chi connectivity index (χ2v) is 20.3. The predicted molar refractivity (Wildman–Crippen MR) is 227 cm³/mol. The number of hydrogen-bond donors (Lipinski definition) is 4. The van der Waals surface area contributed by atoms with Gasteiger partial charge in [0, 0.05) is 58.5 Å². The van der Waals surface area contributed by atoms with Crippen LogP contribution in [0.25, 0.3) is 0 Å². The van der Waals surface area contributed by atoms with E-state index in [9.17, 15) is 38.7 Å². The van der Waals surface area contributed by atoms with E-state index in [0.29, 0.717) is 70.7 Å². The van der Waals surface area contributed by atoms with Crippen LogP contribution in [0.4, 0.5) is 9.59 Å². The van der Waals surface area contributed by atoms with Crippen LogP contribution in [0.3, 0.4) is 0 Å². The van der Waals surface area contributed by atoms with E-state index in [1.807, 2.05) is 34.6 Å². The number of Topliss-reactive ketones (excluding diaryl/α,β-unsaturated/α-hetero) is 2. The number of ketones is 2. The SMILES string of the molecule is CC(C)(C)CCNC(=O)N1CCCC1C(=O)[C@@H]1CCCN1C(=O)CC(C)(C)C.CC(C)CCNC(=O)CNC(=O)N1C[C@@H](O)CC1C(=O)[C@@H]1CCCN1C(=O)CC(C)C. The lowest BCUT2D eigenvalue weighted by molar-refractivity contribution is -0.140. The van der Waals surface area contributed by atoms with Crippen LogP contribution in [-0.4, -0.2) is 142 Å². The molecule has 0 aromatic rings. The number of amides is 7. The van der Waals surface area contributed by atoms with Gasteiger partial charge in [-0.05, 0) is 74.0 Å². The predicted octanol–water partition coefficient (Wildman–Crippen LogP) is 4.49. The van der Waals surface area contributed by atoms with Crippen LogP contribution in [0.2, 0.25) is 0 Å². The van der Waals surface area contributed by atoms with Crippen molar-refractivity contribution in [1.29, 1.82) is 0 Å². The van der Waals surface area contributed by atoms with Crippen molar-refractivity contribution >= 4 is 41.4 Å². The number of aliphatic hydroxyl groups excluding tert-OH is 1. The maximum absolute atomic E-state index is 13.3. The van der Waals surface area contributed by atoms with E-state index in [2.05, 4.69) is 50.6 Å². The van der Waals surface area contributed by atoms with Crippen molar-refractivity contribution in [2.45, 2.75) is 170 Å². The lowest BCUT2D eigenvalue weighted by atomic mass is 9.91. The smallest absolute Gasteiger partial charge is 0.318 e. The molecule has 15 heteroatoms. The summed E-state index contributed by atoms with van der Waals surface area (Å²) in [6, 6.07) is -2.82. The second kappa shape index (κ2) is 22.2. The van der Waals surface area contributed by atoms with Crippen molar-refractivity contribution in [3.63, 3.8) is 0 Å². The summed E-state index contributed by atoms with van der Waals surface area (Å²) in [5.41, 5.74) is 0.0604. The molecule has 4 heterocycles. The van der Waals surface area contributed by atoms with E-state index < -0.39 is 30.3 Å². The Morgan fingerprint density at radius 2 is 1.12 bits per heavy atom. The fraction of sp³-hybridized carbons (Fsp3) is 0.841. The molecule has 4 aliphatic rings. The van der Waals surface area contributed by atoms with Crippen molar-refractivity contribution in [2.24, 2.45) is 22.7 Å². The monoisotopic (exact) mass is 832 g/mol. The number of rotatable bonds is 14. The number of likely N-dealkylation sites (tertiary alicyclic amines) is 4. The molecular formula is C44H77N7O8. The van der Waals surface area contributed by atoms with Gasteiger partial charge in [0.2, 0.25) is 17.7 Å². The summed E-state index contributed by atoms with van der Waals surface area (Å²) in [6.45, 7) is 23.4. The normalized spacial score (nSPS) is 23.4. The Bertz CT molecular complexity index is 1470. The maximum atomic E-state index is 13.3. The third-order valence-electron chi connectivity index (χ3n) is 11.4. The topological polar surface area (TPSA) is 189 Å². The minimum Gasteiger partial charge on any atom is -0.391 e. The molecule has 0 aliphatic carbocycles. The zero-order valence-corrected chi connectivity index (χ0v) is 37.9. The van der Waals surface area contributed by atoms with Crippen LogP contribution in [-0.2, 0) is 24.0 Å². The number of hydrogen-bond acceptors (Lipinski definition) is 8. The number of nitrogens with one attached hydrogen (secondary N) is 3. The first-order valence-electron chi connectivity index (χ1n) is 22.2. The summed E-state index contributed by atoms with van der Waals surface area (Å²) in [4.78, 5) is 95.4. The summed E-state index contributed by atoms with van der Waals surface area (Å²) < 4.78 is 0. The van der Waals surface area contributed by atoms with Crippen molar-refractivity contribution in [1.82, 2.24) is 35.6 Å². The Morgan fingerprint density at radius 1 is 0.610 bits per heavy atom. The van der Waals surface area contributed by atoms with Gasteiger partial charge in [-0.25, -0.2) is 9.59 Å². The second-order valence-electron chi connectivity index (χ2n) is 20.3. The molecule has 0 spiro atoms. The van der Waals surface area contributed by atoms with E-state index in [-0.39, 0.29) is 77.6 Å². The molecule has 0 saturated carbocycles. The number of aliphatic hydroxyl groups is 1. The molecule has 4 aliphatic heterocycles. The third-order valence-corrected chi connectivity index (χ3v) is 11.4. The van der Waals surface area contributed by atoms with Gasteiger partial charge in [-0.1, -0.05) is 69.2 Å². The highest BCUT2D eigenvalue weighted by Gasteiger charge is 2.45. The molecule has 0 aromatic carbocycles. The van der Waals surface area contributed by atoms with Crippen molar-refractivity contribution < 1.29 is 38.7 Å². The van der Waals surface area contributed by atoms with E-state index in [4.69, 9.17) is 0 Å². The maximum Gasteiger partial charge on any atom is 0.318 e. The molecule has 0 radical (unpaired) electrons. The Labute approximate surface area is 353 Å². The third kappa shape index (κ3) is 15.7. The first-order valence-corrected chi connectivity index (χ1v) is 22.2. The van der Waals surface area contributed by atoms with Gasteiger partial charge in [-0.15, -0.1) is 0 Å². The highest BCUT2D eigenvalue weighted by atomic mass is 16.3. The highest BCUT2D eigenvalue weighted by molar-refractivity contribution is 5.97. The molecule has 7 amide bonds. The van der Waals surface area contributed by atoms with Crippen LogP contribution in [0, 0.1) is 22.7 Å². The fourth-order valence-corrected chi connectivity index (χ4v) is 8.27. The first kappa shape index (κ1) is 49.6. The quantitative estimate of drug-likeness (QED) is 0.197. The summed E-state index contributed by atoms with van der Waals surface area (Å²) in [5, 5.41) is 18.4. The van der Waals surface area contributed by atoms with E-state index in [1.54, 1.807) is 14.7 Å². The largest absolute Gasteiger partial charge is 0.391 e. The van der Waals surface area contributed by atoms with Crippen LogP contribution in [0.1, 0.15) is 140 Å². The van der Waals surface area contributed by atoms with Crippen molar-refractivity contribution in [2.75, 3.05) is 45.8 Å². The molecule has 2 unspecified atom stereocenters. The lowest BCUT2D eigenvalue weighted by Crippen LogP contribution is -2.53. The molecule has 59 heavy (non-hydrogen) atoms. The Morgan fingerprint density at radius 3 is 1.64 bits per heavy atom. The average Bonchev–Trinajstić information content (AvgIpc) is 3.95. The zero-order chi connectivity index (χ0) is 44.2. The standard InChI is InChI=1S/C22H38N4O5.C22H39N3O3/c1-14(2)7-8-23-19(28)12-24-22(31)26-13-16(27)11-18(26)21(30)17-6-5-9-25(17)20(29)10-15(3)4;1-21(2,3)11-12-23-20(28)25-14-8-10-17(25)19(27)16-9-7-13-24(16)18(26)15-22(4,5)6/h14-18,27H,5-13H2,1-4H3,(H,23,28)(H,24,31);16-17H,7-15H2,1-6H3,(H,23,28)/t16-,17-,18?;16-,17?/m00/s1. The van der Waals surface area contributed by atoms with Crippen LogP contribution in [0.15, 0.2) is 0 Å². The highest BCUT2D eigenvalue weighted by Crippen LogP contribution is 2.30. The van der Waals surface area contributed by atoms with Gasteiger partial charge in [-0.3, -0.25) is 24.0 Å². The van der Waals surface area contributed by atoms with E-state index in [1.165, 1.54) is 4.90 Å². The molecule has 15 nitrogen and oxygen atoms in total. The van der Waals surface area contributed by atoms with Gasteiger partial charge in [0.15, 0.2) is 11.6 Å². The molecule has 4 rings (SSSR count). The van der Waals surface area contributed by atoms with Crippen molar-refractivity contribution in [3.8, 4) is 0 Å². The van der Waals surface area contributed by atoms with Gasteiger partial charge in [0.05, 0.1) is 36.8 Å². The number of urea groups is 2. The minimum absolute atomic E-state index is 0.0316.